The third kappa shape index (κ3) is 5.71. The molecule has 1 fully saturated rings. The quantitative estimate of drug-likeness (QED) is 0.297. The number of ether oxygens (including phenoxy) is 1. The Morgan fingerprint density at radius 3 is 2.39 bits per heavy atom. The minimum Gasteiger partial charge on any atom is -0.378 e. The summed E-state index contributed by atoms with van der Waals surface area (Å²) < 4.78 is 6.16. The van der Waals surface area contributed by atoms with Crippen LogP contribution in [0.25, 0.3) is 0 Å². The highest BCUT2D eigenvalue weighted by atomic mass is 79.9. The lowest BCUT2D eigenvalue weighted by atomic mass is 9.97. The number of halogens is 1. The van der Waals surface area contributed by atoms with Crippen LogP contribution in [-0.4, -0.2) is 53.7 Å². The highest BCUT2D eigenvalue weighted by Gasteiger charge is 2.18. The molecule has 1 aliphatic heterocycles. The molecule has 0 bridgehead atoms. The number of benzene rings is 2. The summed E-state index contributed by atoms with van der Waals surface area (Å²) in [6.07, 6.45) is 1.70. The van der Waals surface area contributed by atoms with Crippen molar-refractivity contribution in [3.63, 3.8) is 0 Å². The molecular formula is C25H23BrN4O3. The third-order valence-electron chi connectivity index (χ3n) is 5.39. The second-order valence-corrected chi connectivity index (χ2v) is 8.51. The van der Waals surface area contributed by atoms with Gasteiger partial charge in [-0.15, -0.1) is 0 Å². The highest BCUT2D eigenvalue weighted by molar-refractivity contribution is 9.10. The lowest BCUT2D eigenvalue weighted by molar-refractivity contribution is 0.0680. The number of nitrogens with one attached hydrogen (secondary N) is 2. The zero-order valence-corrected chi connectivity index (χ0v) is 19.5. The Hall–Kier alpha value is -3.36. The number of hydrogen-bond donors (Lipinski definition) is 2. The topological polar surface area (TPSA) is 95.4 Å². The molecule has 4 rings (SSSR count). The number of carbonyl (C=O) groups is 2. The molecule has 0 spiro atoms. The number of carbonyl (C=O) groups excluding carboxylic acids is 2. The lowest BCUT2D eigenvalue weighted by Gasteiger charge is -2.29. The molecule has 3 aromatic rings. The molecule has 2 N–H and O–H groups in total. The van der Waals surface area contributed by atoms with Gasteiger partial charge in [0.15, 0.2) is 5.78 Å². The van der Waals surface area contributed by atoms with E-state index in [0.717, 1.165) is 10.0 Å². The van der Waals surface area contributed by atoms with E-state index >= 15 is 0 Å². The molecule has 1 aromatic heterocycles. The van der Waals surface area contributed by atoms with Crippen LogP contribution >= 0.6 is 15.9 Å². The SMILES string of the molecule is N=C(c1ccc(C(=O)Cc2ccccc2C(=O)Nc2ccc(Br)cn2)cc1)N1CCOCC1. The monoisotopic (exact) mass is 506 g/mol. The smallest absolute Gasteiger partial charge is 0.257 e. The summed E-state index contributed by atoms with van der Waals surface area (Å²) in [5.74, 6) is 0.451. The fourth-order valence-corrected chi connectivity index (χ4v) is 3.82. The maximum absolute atomic E-state index is 12.9. The first-order valence-electron chi connectivity index (χ1n) is 10.6. The number of hydrogen-bond acceptors (Lipinski definition) is 5. The van der Waals surface area contributed by atoms with Gasteiger partial charge in [0.05, 0.1) is 13.2 Å². The van der Waals surface area contributed by atoms with Gasteiger partial charge in [0.1, 0.15) is 11.7 Å². The molecule has 1 amide bonds. The van der Waals surface area contributed by atoms with Crippen molar-refractivity contribution in [3.8, 4) is 0 Å². The van der Waals surface area contributed by atoms with Crippen LogP contribution in [0.4, 0.5) is 5.82 Å². The second-order valence-electron chi connectivity index (χ2n) is 7.60. The molecule has 0 radical (unpaired) electrons. The molecule has 0 atom stereocenters. The number of pyridine rings is 1. The van der Waals surface area contributed by atoms with Crippen molar-refractivity contribution >= 4 is 39.3 Å². The fraction of sp³-hybridized carbons (Fsp3) is 0.200. The van der Waals surface area contributed by atoms with Crippen molar-refractivity contribution < 1.29 is 14.3 Å². The van der Waals surface area contributed by atoms with Gasteiger partial charge in [0.25, 0.3) is 5.91 Å². The average molecular weight is 507 g/mol. The summed E-state index contributed by atoms with van der Waals surface area (Å²) >= 11 is 3.32. The summed E-state index contributed by atoms with van der Waals surface area (Å²) in [7, 11) is 0. The van der Waals surface area contributed by atoms with E-state index in [9.17, 15) is 9.59 Å². The molecule has 7 nitrogen and oxygen atoms in total. The minimum atomic E-state index is -0.317. The van der Waals surface area contributed by atoms with Gasteiger partial charge >= 0.3 is 0 Å². The van der Waals surface area contributed by atoms with Gasteiger partial charge < -0.3 is 15.0 Å². The van der Waals surface area contributed by atoms with Crippen molar-refractivity contribution in [3.05, 3.63) is 93.6 Å². The number of Topliss-reactive ketones (excluding diaryl/α,β-unsaturated/α-hetero) is 1. The summed E-state index contributed by atoms with van der Waals surface area (Å²) in [6.45, 7) is 2.61. The van der Waals surface area contributed by atoms with Crippen LogP contribution in [0.3, 0.4) is 0 Å². The number of amidine groups is 1. The zero-order chi connectivity index (χ0) is 23.2. The molecule has 0 saturated carbocycles. The second kappa shape index (κ2) is 10.5. The first kappa shape index (κ1) is 22.8. The van der Waals surface area contributed by atoms with E-state index < -0.39 is 0 Å². The van der Waals surface area contributed by atoms with E-state index in [2.05, 4.69) is 26.2 Å². The zero-order valence-electron chi connectivity index (χ0n) is 17.9. The van der Waals surface area contributed by atoms with Crippen molar-refractivity contribution in [2.45, 2.75) is 6.42 Å². The standard InChI is InChI=1S/C25H23BrN4O3/c26-20-9-10-23(28-16-20)29-25(32)21-4-2-1-3-19(21)15-22(31)17-5-7-18(8-6-17)24(27)30-11-13-33-14-12-30/h1-10,16,27H,11-15H2,(H,28,29,32). The number of rotatable bonds is 6. The van der Waals surface area contributed by atoms with Crippen molar-refractivity contribution in [2.24, 2.45) is 0 Å². The molecule has 2 heterocycles. The molecular weight excluding hydrogens is 484 g/mol. The summed E-state index contributed by atoms with van der Waals surface area (Å²) in [5.41, 5.74) is 2.37. The lowest BCUT2D eigenvalue weighted by Crippen LogP contribution is -2.40. The molecule has 8 heteroatoms. The molecule has 0 aliphatic carbocycles. The summed E-state index contributed by atoms with van der Waals surface area (Å²) in [4.78, 5) is 31.9. The number of morpholine rings is 1. The summed E-state index contributed by atoms with van der Waals surface area (Å²) in [5, 5.41) is 11.2. The molecule has 1 aliphatic rings. The van der Waals surface area contributed by atoms with Crippen LogP contribution in [0.2, 0.25) is 0 Å². The van der Waals surface area contributed by atoms with Gasteiger partial charge in [-0.05, 0) is 39.7 Å². The van der Waals surface area contributed by atoms with Crippen molar-refractivity contribution in [1.82, 2.24) is 9.88 Å². The van der Waals surface area contributed by atoms with Crippen molar-refractivity contribution in [2.75, 3.05) is 31.6 Å². The first-order valence-corrected chi connectivity index (χ1v) is 11.4. The largest absolute Gasteiger partial charge is 0.378 e. The van der Waals surface area contributed by atoms with Crippen LogP contribution in [0.5, 0.6) is 0 Å². The van der Waals surface area contributed by atoms with Crippen LogP contribution < -0.4 is 5.32 Å². The van der Waals surface area contributed by atoms with E-state index in [0.29, 0.717) is 54.6 Å². The predicted molar refractivity (Wildman–Crippen MR) is 130 cm³/mol. The number of nitrogens with zero attached hydrogens (tertiary/aromatic N) is 2. The Kier molecular flexibility index (Phi) is 7.26. The maximum Gasteiger partial charge on any atom is 0.257 e. The number of aromatic nitrogens is 1. The van der Waals surface area contributed by atoms with Gasteiger partial charge in [-0.2, -0.15) is 0 Å². The Labute approximate surface area is 200 Å². The van der Waals surface area contributed by atoms with Crippen LogP contribution in [0.1, 0.15) is 31.8 Å². The Morgan fingerprint density at radius 1 is 1.00 bits per heavy atom. The molecule has 33 heavy (non-hydrogen) atoms. The third-order valence-corrected chi connectivity index (χ3v) is 5.86. The maximum atomic E-state index is 12.9. The fourth-order valence-electron chi connectivity index (χ4n) is 3.59. The highest BCUT2D eigenvalue weighted by Crippen LogP contribution is 2.17. The predicted octanol–water partition coefficient (Wildman–Crippen LogP) is 4.18. The molecule has 0 unspecified atom stereocenters. The normalized spacial score (nSPS) is 13.4. The van der Waals surface area contributed by atoms with Crippen LogP contribution in [0.15, 0.2) is 71.3 Å². The number of anilines is 1. The van der Waals surface area contributed by atoms with E-state index in [4.69, 9.17) is 10.1 Å². The van der Waals surface area contributed by atoms with Gasteiger partial charge in [-0.1, -0.05) is 42.5 Å². The van der Waals surface area contributed by atoms with E-state index in [-0.39, 0.29) is 18.1 Å². The Bertz CT molecular complexity index is 1160. The van der Waals surface area contributed by atoms with Crippen molar-refractivity contribution in [1.29, 1.82) is 5.41 Å². The van der Waals surface area contributed by atoms with E-state index in [1.807, 2.05) is 11.0 Å². The summed E-state index contributed by atoms with van der Waals surface area (Å²) in [6, 6.07) is 17.6. The molecule has 2 aromatic carbocycles. The van der Waals surface area contributed by atoms with Gasteiger partial charge in [0, 0.05) is 46.9 Å². The van der Waals surface area contributed by atoms with Crippen LogP contribution in [0, 0.1) is 5.41 Å². The van der Waals surface area contributed by atoms with E-state index in [1.54, 1.807) is 60.8 Å². The van der Waals surface area contributed by atoms with Gasteiger partial charge in [-0.25, -0.2) is 4.98 Å². The number of ketones is 1. The molecule has 1 saturated heterocycles. The van der Waals surface area contributed by atoms with Gasteiger partial charge in [-0.3, -0.25) is 15.0 Å². The average Bonchev–Trinajstić information content (AvgIpc) is 2.86. The Morgan fingerprint density at radius 2 is 1.70 bits per heavy atom. The van der Waals surface area contributed by atoms with Gasteiger partial charge in [0.2, 0.25) is 0 Å². The molecule has 168 valence electrons. The van der Waals surface area contributed by atoms with Crippen LogP contribution in [-0.2, 0) is 11.2 Å². The van der Waals surface area contributed by atoms with E-state index in [1.165, 1.54) is 0 Å². The Balaban J connectivity index is 1.44. The first-order chi connectivity index (χ1) is 16.0. The minimum absolute atomic E-state index is 0.0949. The number of amides is 1.